The van der Waals surface area contributed by atoms with Gasteiger partial charge in [-0.15, -0.1) is 0 Å². The number of piperidine rings is 1. The maximum Gasteiger partial charge on any atom is 0.123 e. The quantitative estimate of drug-likeness (QED) is 0.857. The third-order valence-corrected chi connectivity index (χ3v) is 4.68. The first-order chi connectivity index (χ1) is 11.3. The van der Waals surface area contributed by atoms with Crippen LogP contribution in [0.3, 0.4) is 0 Å². The summed E-state index contributed by atoms with van der Waals surface area (Å²) in [5.41, 5.74) is 7.36. The Morgan fingerprint density at radius 1 is 1.13 bits per heavy atom. The fourth-order valence-corrected chi connectivity index (χ4v) is 3.36. The lowest BCUT2D eigenvalue weighted by molar-refractivity contribution is 0.0321. The second-order valence-corrected chi connectivity index (χ2v) is 6.55. The van der Waals surface area contributed by atoms with Gasteiger partial charge in [0.15, 0.2) is 0 Å². The van der Waals surface area contributed by atoms with Gasteiger partial charge < -0.3 is 15.2 Å². The highest BCUT2D eigenvalue weighted by atomic mass is 16.5. The molecule has 128 valence electrons. The molecule has 2 N–H and O–H groups in total. The van der Waals surface area contributed by atoms with E-state index in [0.717, 1.165) is 71.3 Å². The van der Waals surface area contributed by atoms with Crippen LogP contribution in [-0.2, 0) is 11.3 Å². The Labute approximate surface area is 139 Å². The van der Waals surface area contributed by atoms with Crippen molar-refractivity contribution in [1.82, 2.24) is 9.80 Å². The van der Waals surface area contributed by atoms with Crippen molar-refractivity contribution >= 4 is 0 Å². The second-order valence-electron chi connectivity index (χ2n) is 6.55. The number of rotatable bonds is 6. The van der Waals surface area contributed by atoms with Gasteiger partial charge in [-0.3, -0.25) is 9.80 Å². The van der Waals surface area contributed by atoms with Crippen LogP contribution in [0.1, 0.15) is 18.4 Å². The first kappa shape index (κ1) is 16.7. The van der Waals surface area contributed by atoms with Gasteiger partial charge in [0.1, 0.15) is 12.4 Å². The third-order valence-electron chi connectivity index (χ3n) is 4.68. The molecule has 0 aliphatic carbocycles. The van der Waals surface area contributed by atoms with Crippen molar-refractivity contribution in [3.8, 4) is 5.75 Å². The van der Waals surface area contributed by atoms with E-state index >= 15 is 0 Å². The van der Waals surface area contributed by atoms with Crippen LogP contribution in [0.25, 0.3) is 0 Å². The molecule has 0 saturated carbocycles. The van der Waals surface area contributed by atoms with Gasteiger partial charge in [-0.1, -0.05) is 18.2 Å². The third kappa shape index (κ3) is 5.18. The molecule has 2 saturated heterocycles. The molecule has 0 aromatic heterocycles. The molecule has 0 spiro atoms. The predicted octanol–water partition coefficient (Wildman–Crippen LogP) is 1.32. The maximum absolute atomic E-state index is 6.09. The van der Waals surface area contributed by atoms with Crippen molar-refractivity contribution in [3.05, 3.63) is 29.8 Å². The SMILES string of the molecule is N[C@@H]1CCCN(Cc2ccccc2OCCN2CCOCC2)C1. The summed E-state index contributed by atoms with van der Waals surface area (Å²) in [7, 11) is 0. The number of benzene rings is 1. The van der Waals surface area contributed by atoms with E-state index in [9.17, 15) is 0 Å². The number of likely N-dealkylation sites (tertiary alicyclic amines) is 1. The molecule has 2 heterocycles. The van der Waals surface area contributed by atoms with Gasteiger partial charge in [-0.25, -0.2) is 0 Å². The summed E-state index contributed by atoms with van der Waals surface area (Å²) in [6.07, 6.45) is 2.34. The minimum atomic E-state index is 0.318. The normalized spacial score (nSPS) is 23.8. The molecule has 2 fully saturated rings. The highest BCUT2D eigenvalue weighted by Gasteiger charge is 2.18. The van der Waals surface area contributed by atoms with Crippen LogP contribution in [0.2, 0.25) is 0 Å². The summed E-state index contributed by atoms with van der Waals surface area (Å²) in [5.74, 6) is 1.01. The standard InChI is InChI=1S/C18H29N3O2/c19-17-5-3-7-21(15-17)14-16-4-1-2-6-18(16)23-13-10-20-8-11-22-12-9-20/h1-2,4,6,17H,3,5,7-15,19H2/t17-/m1/s1. The molecule has 1 aromatic carbocycles. The first-order valence-electron chi connectivity index (χ1n) is 8.80. The highest BCUT2D eigenvalue weighted by Crippen LogP contribution is 2.21. The number of hydrogen-bond acceptors (Lipinski definition) is 5. The lowest BCUT2D eigenvalue weighted by Crippen LogP contribution is -2.42. The minimum absolute atomic E-state index is 0.318. The van der Waals surface area contributed by atoms with E-state index in [1.54, 1.807) is 0 Å². The van der Waals surface area contributed by atoms with Gasteiger partial charge in [0.2, 0.25) is 0 Å². The smallest absolute Gasteiger partial charge is 0.123 e. The molecule has 5 heteroatoms. The Kier molecular flexibility index (Phi) is 6.28. The molecule has 1 atom stereocenters. The maximum atomic E-state index is 6.09. The molecule has 0 bridgehead atoms. The van der Waals surface area contributed by atoms with E-state index in [1.165, 1.54) is 12.0 Å². The number of para-hydroxylation sites is 1. The van der Waals surface area contributed by atoms with E-state index in [-0.39, 0.29) is 0 Å². The summed E-state index contributed by atoms with van der Waals surface area (Å²) >= 11 is 0. The highest BCUT2D eigenvalue weighted by molar-refractivity contribution is 5.33. The Balaban J connectivity index is 1.50. The summed E-state index contributed by atoms with van der Waals surface area (Å²) in [4.78, 5) is 4.84. The van der Waals surface area contributed by atoms with Crippen LogP contribution in [0.15, 0.2) is 24.3 Å². The van der Waals surface area contributed by atoms with Crippen LogP contribution in [0.5, 0.6) is 5.75 Å². The van der Waals surface area contributed by atoms with Crippen molar-refractivity contribution < 1.29 is 9.47 Å². The van der Waals surface area contributed by atoms with Crippen molar-refractivity contribution in [2.45, 2.75) is 25.4 Å². The van der Waals surface area contributed by atoms with Gasteiger partial charge in [0, 0.05) is 44.3 Å². The molecule has 5 nitrogen and oxygen atoms in total. The molecule has 2 aliphatic heterocycles. The van der Waals surface area contributed by atoms with Crippen LogP contribution in [0.4, 0.5) is 0 Å². The van der Waals surface area contributed by atoms with E-state index in [1.807, 2.05) is 0 Å². The van der Waals surface area contributed by atoms with Gasteiger partial charge in [-0.05, 0) is 25.5 Å². The Morgan fingerprint density at radius 2 is 1.96 bits per heavy atom. The van der Waals surface area contributed by atoms with E-state index in [4.69, 9.17) is 15.2 Å². The largest absolute Gasteiger partial charge is 0.492 e. The van der Waals surface area contributed by atoms with Crippen LogP contribution in [-0.4, -0.2) is 68.4 Å². The van der Waals surface area contributed by atoms with Crippen LogP contribution in [0, 0.1) is 0 Å². The zero-order valence-corrected chi connectivity index (χ0v) is 14.0. The Bertz CT molecular complexity index is 477. The monoisotopic (exact) mass is 319 g/mol. The number of nitrogens with two attached hydrogens (primary N) is 1. The van der Waals surface area contributed by atoms with Crippen LogP contribution >= 0.6 is 0 Å². The number of hydrogen-bond donors (Lipinski definition) is 1. The summed E-state index contributed by atoms with van der Waals surface area (Å²) < 4.78 is 11.4. The fourth-order valence-electron chi connectivity index (χ4n) is 3.36. The molecular formula is C18H29N3O2. The average molecular weight is 319 g/mol. The van der Waals surface area contributed by atoms with Gasteiger partial charge >= 0.3 is 0 Å². The number of nitrogens with zero attached hydrogens (tertiary/aromatic N) is 2. The molecule has 1 aromatic rings. The van der Waals surface area contributed by atoms with Crippen LogP contribution < -0.4 is 10.5 Å². The number of ether oxygens (including phenoxy) is 2. The van der Waals surface area contributed by atoms with E-state index in [2.05, 4.69) is 34.1 Å². The topological polar surface area (TPSA) is 51.0 Å². The molecule has 3 rings (SSSR count). The summed E-state index contributed by atoms with van der Waals surface area (Å²) in [5, 5.41) is 0. The molecule has 2 aliphatic rings. The fraction of sp³-hybridized carbons (Fsp3) is 0.667. The summed E-state index contributed by atoms with van der Waals surface area (Å²) in [6.45, 7) is 8.45. The molecular weight excluding hydrogens is 290 g/mol. The van der Waals surface area contributed by atoms with Gasteiger partial charge in [0.25, 0.3) is 0 Å². The van der Waals surface area contributed by atoms with Crippen molar-refractivity contribution in [2.75, 3.05) is 52.5 Å². The molecule has 0 amide bonds. The lowest BCUT2D eigenvalue weighted by atomic mass is 10.1. The first-order valence-corrected chi connectivity index (χ1v) is 8.80. The molecule has 0 radical (unpaired) electrons. The minimum Gasteiger partial charge on any atom is -0.492 e. The van der Waals surface area contributed by atoms with Gasteiger partial charge in [-0.2, -0.15) is 0 Å². The Hall–Kier alpha value is -1.14. The zero-order valence-electron chi connectivity index (χ0n) is 14.0. The second kappa shape index (κ2) is 8.64. The van der Waals surface area contributed by atoms with E-state index in [0.29, 0.717) is 6.04 Å². The lowest BCUT2D eigenvalue weighted by Gasteiger charge is -2.31. The summed E-state index contributed by atoms with van der Waals surface area (Å²) in [6, 6.07) is 8.71. The molecule has 23 heavy (non-hydrogen) atoms. The average Bonchev–Trinajstić information content (AvgIpc) is 2.57. The zero-order chi connectivity index (χ0) is 15.9. The van der Waals surface area contributed by atoms with E-state index < -0.39 is 0 Å². The van der Waals surface area contributed by atoms with Crippen molar-refractivity contribution in [2.24, 2.45) is 5.73 Å². The predicted molar refractivity (Wildman–Crippen MR) is 91.7 cm³/mol. The molecule has 0 unspecified atom stereocenters. The van der Waals surface area contributed by atoms with Crippen molar-refractivity contribution in [1.29, 1.82) is 0 Å². The van der Waals surface area contributed by atoms with Crippen molar-refractivity contribution in [3.63, 3.8) is 0 Å². The number of morpholine rings is 1. The Morgan fingerprint density at radius 3 is 2.78 bits per heavy atom. The van der Waals surface area contributed by atoms with Gasteiger partial charge in [0.05, 0.1) is 13.2 Å².